The molecule has 2 nitrogen and oxygen atoms in total. The van der Waals surface area contributed by atoms with Crippen LogP contribution >= 0.6 is 0 Å². The van der Waals surface area contributed by atoms with Crippen LogP contribution in [0.1, 0.15) is 41.3 Å². The third-order valence-electron chi connectivity index (χ3n) is 3.18. The fourth-order valence-electron chi connectivity index (χ4n) is 2.31. The maximum atomic E-state index is 11.6. The molecule has 0 spiro atoms. The summed E-state index contributed by atoms with van der Waals surface area (Å²) in [6, 6.07) is 4.05. The number of fused-ring (bicyclic) bond motifs is 1. The summed E-state index contributed by atoms with van der Waals surface area (Å²) in [5, 5.41) is 0. The van der Waals surface area contributed by atoms with Crippen LogP contribution in [0.4, 0.5) is 0 Å². The summed E-state index contributed by atoms with van der Waals surface area (Å²) < 4.78 is 5.57. The topological polar surface area (TPSA) is 26.3 Å². The number of ether oxygens (including phenoxy) is 1. The Balaban J connectivity index is 2.40. The zero-order valence-electron chi connectivity index (χ0n) is 10.3. The van der Waals surface area contributed by atoms with Crippen molar-refractivity contribution in [1.82, 2.24) is 0 Å². The van der Waals surface area contributed by atoms with Gasteiger partial charge in [0.1, 0.15) is 12.4 Å². The first-order valence-electron chi connectivity index (χ1n) is 6.13. The first kappa shape index (κ1) is 11.9. The molecule has 1 aliphatic carbocycles. The maximum absolute atomic E-state index is 11.6. The highest BCUT2D eigenvalue weighted by Crippen LogP contribution is 2.29. The van der Waals surface area contributed by atoms with E-state index in [4.69, 9.17) is 4.74 Å². The second-order valence-electron chi connectivity index (χ2n) is 4.48. The Bertz CT molecular complexity index is 446. The van der Waals surface area contributed by atoms with Gasteiger partial charge in [0.2, 0.25) is 0 Å². The summed E-state index contributed by atoms with van der Waals surface area (Å²) in [6.07, 6.45) is 6.32. The van der Waals surface area contributed by atoms with Crippen LogP contribution in [0.15, 0.2) is 24.8 Å². The molecule has 0 heterocycles. The summed E-state index contributed by atoms with van der Waals surface area (Å²) in [5.74, 6) is 0.774. The molecule has 1 aromatic carbocycles. The summed E-state index contributed by atoms with van der Waals surface area (Å²) in [6.45, 7) is 5.66. The fourth-order valence-corrected chi connectivity index (χ4v) is 2.31. The molecule has 0 N–H and O–H groups in total. The van der Waals surface area contributed by atoms with Crippen molar-refractivity contribution < 1.29 is 9.53 Å². The molecule has 1 aliphatic rings. The van der Waals surface area contributed by atoms with E-state index in [2.05, 4.69) is 6.58 Å². The first-order chi connectivity index (χ1) is 8.22. The zero-order chi connectivity index (χ0) is 12.3. The number of Topliss-reactive ketones (excluding diaryl/α,β-unsaturated/α-hetero) is 1. The molecular weight excluding hydrogens is 212 g/mol. The quantitative estimate of drug-likeness (QED) is 0.586. The standard InChI is InChI=1S/C15H18O2/c1-3-8-17-15-10-13-7-5-4-6-12(13)9-14(15)11(2)16/h3,9-10H,1,4-8H2,2H3. The van der Waals surface area contributed by atoms with Crippen molar-refractivity contribution >= 4 is 5.78 Å². The number of ketones is 1. The third kappa shape index (κ3) is 2.57. The van der Waals surface area contributed by atoms with Crippen molar-refractivity contribution in [3.63, 3.8) is 0 Å². The van der Waals surface area contributed by atoms with Crippen LogP contribution in [-0.4, -0.2) is 12.4 Å². The summed E-state index contributed by atoms with van der Waals surface area (Å²) in [4.78, 5) is 11.6. The number of carbonyl (C=O) groups excluding carboxylic acids is 1. The molecule has 0 fully saturated rings. The lowest BCUT2D eigenvalue weighted by molar-refractivity contribution is 0.101. The van der Waals surface area contributed by atoms with Crippen LogP contribution in [0.5, 0.6) is 5.75 Å². The SMILES string of the molecule is C=CCOc1cc2c(cc1C(C)=O)CCCC2. The molecule has 17 heavy (non-hydrogen) atoms. The normalized spacial score (nSPS) is 13.9. The molecule has 0 saturated carbocycles. The minimum atomic E-state index is 0.0671. The maximum Gasteiger partial charge on any atom is 0.163 e. The summed E-state index contributed by atoms with van der Waals surface area (Å²) in [5.41, 5.74) is 3.35. The van der Waals surface area contributed by atoms with E-state index in [0.29, 0.717) is 17.9 Å². The predicted molar refractivity (Wildman–Crippen MR) is 68.8 cm³/mol. The van der Waals surface area contributed by atoms with Crippen LogP contribution in [0.2, 0.25) is 0 Å². The lowest BCUT2D eigenvalue weighted by Gasteiger charge is -2.19. The monoisotopic (exact) mass is 230 g/mol. The molecule has 2 heteroatoms. The number of rotatable bonds is 4. The lowest BCUT2D eigenvalue weighted by Crippen LogP contribution is -2.08. The largest absolute Gasteiger partial charge is 0.489 e. The van der Waals surface area contributed by atoms with Gasteiger partial charge in [-0.2, -0.15) is 0 Å². The molecule has 1 aromatic rings. The first-order valence-corrected chi connectivity index (χ1v) is 6.13. The highest BCUT2D eigenvalue weighted by atomic mass is 16.5. The smallest absolute Gasteiger partial charge is 0.163 e. The Morgan fingerprint density at radius 2 is 2.00 bits per heavy atom. The van der Waals surface area contributed by atoms with E-state index in [1.165, 1.54) is 24.0 Å². The summed E-state index contributed by atoms with van der Waals surface area (Å²) >= 11 is 0. The van der Waals surface area contributed by atoms with Crippen molar-refractivity contribution in [3.8, 4) is 5.75 Å². The van der Waals surface area contributed by atoms with Crippen molar-refractivity contribution in [2.75, 3.05) is 6.61 Å². The van der Waals surface area contributed by atoms with Gasteiger partial charge in [-0.1, -0.05) is 12.7 Å². The van der Waals surface area contributed by atoms with Crippen molar-refractivity contribution in [2.45, 2.75) is 32.6 Å². The van der Waals surface area contributed by atoms with E-state index in [0.717, 1.165) is 12.8 Å². The van der Waals surface area contributed by atoms with E-state index in [1.54, 1.807) is 13.0 Å². The predicted octanol–water partition coefficient (Wildman–Crippen LogP) is 3.33. The van der Waals surface area contributed by atoms with Crippen molar-refractivity contribution in [2.24, 2.45) is 0 Å². The van der Waals surface area contributed by atoms with Gasteiger partial charge < -0.3 is 4.74 Å². The van der Waals surface area contributed by atoms with Crippen LogP contribution < -0.4 is 4.74 Å². The number of hydrogen-bond acceptors (Lipinski definition) is 2. The highest BCUT2D eigenvalue weighted by Gasteiger charge is 2.16. The van der Waals surface area contributed by atoms with Gasteiger partial charge in [0.05, 0.1) is 5.56 Å². The molecule has 0 aliphatic heterocycles. The van der Waals surface area contributed by atoms with Gasteiger partial charge >= 0.3 is 0 Å². The van der Waals surface area contributed by atoms with Gasteiger partial charge in [-0.15, -0.1) is 0 Å². The minimum absolute atomic E-state index is 0.0671. The molecule has 2 rings (SSSR count). The number of carbonyl (C=O) groups is 1. The van der Waals surface area contributed by atoms with E-state index in [-0.39, 0.29) is 5.78 Å². The van der Waals surface area contributed by atoms with E-state index in [9.17, 15) is 4.79 Å². The van der Waals surface area contributed by atoms with Gasteiger partial charge in [-0.25, -0.2) is 0 Å². The van der Waals surface area contributed by atoms with Gasteiger partial charge in [-0.3, -0.25) is 4.79 Å². The zero-order valence-corrected chi connectivity index (χ0v) is 10.3. The molecule has 0 bridgehead atoms. The Morgan fingerprint density at radius 1 is 1.35 bits per heavy atom. The van der Waals surface area contributed by atoms with Gasteiger partial charge in [-0.05, 0) is 55.9 Å². The number of hydrogen-bond donors (Lipinski definition) is 0. The van der Waals surface area contributed by atoms with Crippen LogP contribution in [0.25, 0.3) is 0 Å². The Labute approximate surface area is 102 Å². The number of aryl methyl sites for hydroxylation is 2. The van der Waals surface area contributed by atoms with E-state index in [1.807, 2.05) is 12.1 Å². The average molecular weight is 230 g/mol. The van der Waals surface area contributed by atoms with Crippen LogP contribution in [0, 0.1) is 0 Å². The molecule has 0 atom stereocenters. The highest BCUT2D eigenvalue weighted by molar-refractivity contribution is 5.97. The fraction of sp³-hybridized carbons (Fsp3) is 0.400. The Morgan fingerprint density at radius 3 is 2.59 bits per heavy atom. The summed E-state index contributed by atoms with van der Waals surface area (Å²) in [7, 11) is 0. The van der Waals surface area contributed by atoms with Crippen LogP contribution in [0.3, 0.4) is 0 Å². The van der Waals surface area contributed by atoms with Crippen molar-refractivity contribution in [3.05, 3.63) is 41.5 Å². The van der Waals surface area contributed by atoms with Gasteiger partial charge in [0.15, 0.2) is 5.78 Å². The second-order valence-corrected chi connectivity index (χ2v) is 4.48. The lowest BCUT2D eigenvalue weighted by atomic mass is 9.89. The van der Waals surface area contributed by atoms with Crippen LogP contribution in [-0.2, 0) is 12.8 Å². The Kier molecular flexibility index (Phi) is 3.62. The molecular formula is C15H18O2. The average Bonchev–Trinajstić information content (AvgIpc) is 2.35. The molecule has 0 radical (unpaired) electrons. The Hall–Kier alpha value is -1.57. The molecule has 0 amide bonds. The minimum Gasteiger partial charge on any atom is -0.489 e. The molecule has 0 unspecified atom stereocenters. The number of benzene rings is 1. The van der Waals surface area contributed by atoms with Crippen molar-refractivity contribution in [1.29, 1.82) is 0 Å². The van der Waals surface area contributed by atoms with E-state index < -0.39 is 0 Å². The van der Waals surface area contributed by atoms with Gasteiger partial charge in [0, 0.05) is 0 Å². The van der Waals surface area contributed by atoms with E-state index >= 15 is 0 Å². The van der Waals surface area contributed by atoms with Gasteiger partial charge in [0.25, 0.3) is 0 Å². The third-order valence-corrected chi connectivity index (χ3v) is 3.18. The molecule has 0 aromatic heterocycles. The molecule has 0 saturated heterocycles. The molecule has 90 valence electrons. The second kappa shape index (κ2) is 5.17.